The molecule has 7 heteroatoms. The van der Waals surface area contributed by atoms with Crippen LogP contribution in [0.3, 0.4) is 0 Å². The van der Waals surface area contributed by atoms with Crippen LogP contribution in [-0.4, -0.2) is 45.4 Å². The van der Waals surface area contributed by atoms with Gasteiger partial charge in [-0.1, -0.05) is 10.3 Å². The largest absolute Gasteiger partial charge is 0.391 e. The number of nitrogens with zero attached hydrogens (tertiary/aromatic N) is 3. The van der Waals surface area contributed by atoms with Gasteiger partial charge in [0, 0.05) is 37.6 Å². The van der Waals surface area contributed by atoms with Crippen molar-refractivity contribution in [2.45, 2.75) is 26.4 Å². The smallest absolute Gasteiger partial charge is 0.292 e. The Labute approximate surface area is 121 Å². The van der Waals surface area contributed by atoms with Gasteiger partial charge < -0.3 is 19.1 Å². The maximum atomic E-state index is 12.3. The molecule has 2 atom stereocenters. The molecule has 1 N–H and O–H groups in total. The minimum Gasteiger partial charge on any atom is -0.391 e. The van der Waals surface area contributed by atoms with E-state index in [0.29, 0.717) is 18.7 Å². The number of amides is 1. The molecule has 1 aliphatic rings. The second kappa shape index (κ2) is 5.33. The summed E-state index contributed by atoms with van der Waals surface area (Å²) >= 11 is 0. The molecule has 1 amide bonds. The topological polar surface area (TPSA) is 92.6 Å². The first-order valence-corrected chi connectivity index (χ1v) is 6.86. The first-order valence-electron chi connectivity index (χ1n) is 6.86. The number of β-amino-alcohol motifs (C(OH)–C–C–N with tert-alkyl or cyclic N) is 1. The van der Waals surface area contributed by atoms with Gasteiger partial charge in [-0.25, -0.2) is 0 Å². The van der Waals surface area contributed by atoms with Crippen LogP contribution in [0.15, 0.2) is 21.2 Å². The Balaban J connectivity index is 1.66. The van der Waals surface area contributed by atoms with E-state index in [4.69, 9.17) is 9.05 Å². The van der Waals surface area contributed by atoms with Crippen LogP contribution in [0.25, 0.3) is 0 Å². The number of carbonyl (C=O) groups excluding carboxylic acids is 1. The van der Waals surface area contributed by atoms with Gasteiger partial charge in [-0.15, -0.1) is 0 Å². The summed E-state index contributed by atoms with van der Waals surface area (Å²) in [7, 11) is 0. The fourth-order valence-corrected chi connectivity index (χ4v) is 2.61. The zero-order valence-corrected chi connectivity index (χ0v) is 11.9. The van der Waals surface area contributed by atoms with Gasteiger partial charge in [-0.05, 0) is 13.8 Å². The Hall–Kier alpha value is -2.15. The molecule has 0 bridgehead atoms. The molecule has 3 heterocycles. The highest BCUT2D eigenvalue weighted by atomic mass is 16.5. The van der Waals surface area contributed by atoms with Crippen LogP contribution >= 0.6 is 0 Å². The number of carbonyl (C=O) groups is 1. The van der Waals surface area contributed by atoms with Gasteiger partial charge in [0.1, 0.15) is 5.76 Å². The lowest BCUT2D eigenvalue weighted by Crippen LogP contribution is -2.29. The van der Waals surface area contributed by atoms with E-state index >= 15 is 0 Å². The number of aliphatic hydroxyl groups excluding tert-OH is 1. The molecular weight excluding hydrogens is 274 g/mol. The molecule has 7 nitrogen and oxygen atoms in total. The number of hydrogen-bond acceptors (Lipinski definition) is 6. The summed E-state index contributed by atoms with van der Waals surface area (Å²) in [6.45, 7) is 4.35. The van der Waals surface area contributed by atoms with E-state index in [0.717, 1.165) is 11.5 Å². The molecule has 1 aliphatic heterocycles. The number of hydrogen-bond donors (Lipinski definition) is 1. The van der Waals surface area contributed by atoms with E-state index in [1.165, 1.54) is 0 Å². The standard InChI is InChI=1S/C14H17N3O4/c1-8-3-11(20-15-8)5-10-6-17(7-12(10)18)14(19)13-4-9(2)16-21-13/h3-4,10,12,18H,5-7H2,1-2H3/t10-,12+/m1/s1. The lowest BCUT2D eigenvalue weighted by molar-refractivity contribution is 0.0724. The molecule has 0 aliphatic carbocycles. The van der Waals surface area contributed by atoms with Crippen molar-refractivity contribution in [1.29, 1.82) is 0 Å². The Morgan fingerprint density at radius 1 is 1.29 bits per heavy atom. The molecular formula is C14H17N3O4. The van der Waals surface area contributed by atoms with Gasteiger partial charge in [0.2, 0.25) is 5.76 Å². The minimum atomic E-state index is -0.580. The number of rotatable bonds is 3. The molecule has 1 saturated heterocycles. The van der Waals surface area contributed by atoms with E-state index in [-0.39, 0.29) is 24.1 Å². The summed E-state index contributed by atoms with van der Waals surface area (Å²) in [6.07, 6.45) is -0.0234. The van der Waals surface area contributed by atoms with E-state index in [1.807, 2.05) is 13.0 Å². The molecule has 0 radical (unpaired) electrons. The third kappa shape index (κ3) is 2.82. The quantitative estimate of drug-likeness (QED) is 0.905. The Kier molecular flexibility index (Phi) is 3.50. The van der Waals surface area contributed by atoms with Gasteiger partial charge in [0.05, 0.1) is 17.5 Å². The third-order valence-electron chi connectivity index (χ3n) is 3.67. The molecule has 2 aromatic rings. The SMILES string of the molecule is Cc1cc(C[C@@H]2CN(C(=O)c3cc(C)no3)C[C@@H]2O)on1. The van der Waals surface area contributed by atoms with Gasteiger partial charge in [0.25, 0.3) is 5.91 Å². The molecule has 21 heavy (non-hydrogen) atoms. The van der Waals surface area contributed by atoms with Gasteiger partial charge in [-0.2, -0.15) is 0 Å². The molecule has 2 aromatic heterocycles. The molecule has 0 aromatic carbocycles. The average molecular weight is 291 g/mol. The zero-order valence-electron chi connectivity index (χ0n) is 11.9. The zero-order chi connectivity index (χ0) is 15.0. The maximum Gasteiger partial charge on any atom is 0.292 e. The van der Waals surface area contributed by atoms with Crippen LogP contribution in [0.5, 0.6) is 0 Å². The average Bonchev–Trinajstić information content (AvgIpc) is 3.12. The van der Waals surface area contributed by atoms with E-state index in [1.54, 1.807) is 17.9 Å². The number of aromatic nitrogens is 2. The summed E-state index contributed by atoms with van der Waals surface area (Å²) < 4.78 is 10.1. The van der Waals surface area contributed by atoms with Crippen molar-refractivity contribution in [3.05, 3.63) is 35.0 Å². The number of likely N-dealkylation sites (tertiary alicyclic amines) is 1. The van der Waals surface area contributed by atoms with E-state index in [2.05, 4.69) is 10.3 Å². The molecule has 0 saturated carbocycles. The first-order chi connectivity index (χ1) is 10.0. The highest BCUT2D eigenvalue weighted by Gasteiger charge is 2.36. The van der Waals surface area contributed by atoms with Crippen LogP contribution < -0.4 is 0 Å². The van der Waals surface area contributed by atoms with Crippen LogP contribution in [0.4, 0.5) is 0 Å². The fourth-order valence-electron chi connectivity index (χ4n) is 2.61. The van der Waals surface area contributed by atoms with Crippen LogP contribution in [0.2, 0.25) is 0 Å². The van der Waals surface area contributed by atoms with Crippen molar-refractivity contribution >= 4 is 5.91 Å². The fraction of sp³-hybridized carbons (Fsp3) is 0.500. The van der Waals surface area contributed by atoms with Crippen molar-refractivity contribution < 1.29 is 18.9 Å². The monoisotopic (exact) mass is 291 g/mol. The number of aryl methyl sites for hydroxylation is 2. The summed E-state index contributed by atoms with van der Waals surface area (Å²) in [5.41, 5.74) is 1.47. The first kappa shape index (κ1) is 13.8. The van der Waals surface area contributed by atoms with Crippen LogP contribution in [0.1, 0.15) is 27.7 Å². The Morgan fingerprint density at radius 3 is 2.62 bits per heavy atom. The summed E-state index contributed by atoms with van der Waals surface area (Å²) in [5, 5.41) is 17.7. The highest BCUT2D eigenvalue weighted by molar-refractivity contribution is 5.91. The predicted molar refractivity (Wildman–Crippen MR) is 71.6 cm³/mol. The van der Waals surface area contributed by atoms with Gasteiger partial charge in [0.15, 0.2) is 0 Å². The normalized spacial score (nSPS) is 22.0. The molecule has 0 unspecified atom stereocenters. The lowest BCUT2D eigenvalue weighted by atomic mass is 10.0. The van der Waals surface area contributed by atoms with Crippen molar-refractivity contribution in [2.75, 3.05) is 13.1 Å². The summed E-state index contributed by atoms with van der Waals surface area (Å²) in [5.74, 6) is 0.619. The summed E-state index contributed by atoms with van der Waals surface area (Å²) in [4.78, 5) is 13.8. The van der Waals surface area contributed by atoms with E-state index in [9.17, 15) is 9.90 Å². The van der Waals surface area contributed by atoms with Gasteiger partial charge >= 0.3 is 0 Å². The predicted octanol–water partition coefficient (Wildman–Crippen LogP) is 0.955. The van der Waals surface area contributed by atoms with Crippen molar-refractivity contribution in [3.8, 4) is 0 Å². The van der Waals surface area contributed by atoms with Crippen LogP contribution in [0, 0.1) is 19.8 Å². The molecule has 3 rings (SSSR count). The van der Waals surface area contributed by atoms with Crippen LogP contribution in [-0.2, 0) is 6.42 Å². The Morgan fingerprint density at radius 2 is 2.00 bits per heavy atom. The van der Waals surface area contributed by atoms with Crippen molar-refractivity contribution in [1.82, 2.24) is 15.2 Å². The molecule has 112 valence electrons. The number of aliphatic hydroxyl groups is 1. The minimum absolute atomic E-state index is 0.0645. The second-order valence-corrected chi connectivity index (χ2v) is 5.51. The lowest BCUT2D eigenvalue weighted by Gasteiger charge is -2.13. The summed E-state index contributed by atoms with van der Waals surface area (Å²) in [6, 6.07) is 3.44. The molecule has 1 fully saturated rings. The highest BCUT2D eigenvalue weighted by Crippen LogP contribution is 2.23. The van der Waals surface area contributed by atoms with Gasteiger partial charge in [-0.3, -0.25) is 4.79 Å². The third-order valence-corrected chi connectivity index (χ3v) is 3.67. The molecule has 0 spiro atoms. The Bertz CT molecular complexity index is 648. The van der Waals surface area contributed by atoms with E-state index < -0.39 is 6.10 Å². The van der Waals surface area contributed by atoms with Crippen molar-refractivity contribution in [2.24, 2.45) is 5.92 Å². The van der Waals surface area contributed by atoms with Crippen molar-refractivity contribution in [3.63, 3.8) is 0 Å². The second-order valence-electron chi connectivity index (χ2n) is 5.51. The maximum absolute atomic E-state index is 12.3.